The van der Waals surface area contributed by atoms with Crippen LogP contribution in [0.3, 0.4) is 0 Å². The van der Waals surface area contributed by atoms with E-state index in [0.717, 1.165) is 22.5 Å². The fourth-order valence-corrected chi connectivity index (χ4v) is 3.53. The maximum Gasteiger partial charge on any atom is 0.415 e. The smallest absolute Gasteiger partial charge is 0.415 e. The van der Waals surface area contributed by atoms with Crippen LogP contribution in [0.25, 0.3) is 16.3 Å². The van der Waals surface area contributed by atoms with Gasteiger partial charge in [-0.25, -0.2) is 14.8 Å². The van der Waals surface area contributed by atoms with E-state index in [9.17, 15) is 4.79 Å². The fourth-order valence-electron chi connectivity index (χ4n) is 2.60. The number of anilines is 1. The minimum atomic E-state index is -0.551. The summed E-state index contributed by atoms with van der Waals surface area (Å²) in [6.45, 7) is 7.63. The van der Waals surface area contributed by atoms with Crippen LogP contribution < -0.4 is 4.90 Å². The Morgan fingerprint density at radius 3 is 2.73 bits per heavy atom. The Balaban J connectivity index is 1.64. The largest absolute Gasteiger partial charge is 0.443 e. The fraction of sp³-hybridized carbons (Fsp3) is 0.292. The molecule has 0 N–H and O–H groups in total. The van der Waals surface area contributed by atoms with Crippen LogP contribution in [-0.2, 0) is 11.2 Å². The number of aryl methyl sites for hydroxylation is 1. The van der Waals surface area contributed by atoms with E-state index < -0.39 is 11.7 Å². The summed E-state index contributed by atoms with van der Waals surface area (Å²) in [7, 11) is 1.63. The predicted octanol–water partition coefficient (Wildman–Crippen LogP) is 5.69. The molecule has 154 valence electrons. The van der Waals surface area contributed by atoms with Crippen LogP contribution in [0.5, 0.6) is 0 Å². The van der Waals surface area contributed by atoms with Gasteiger partial charge < -0.3 is 4.74 Å². The third-order valence-corrected chi connectivity index (χ3v) is 5.15. The number of benzene rings is 1. The summed E-state index contributed by atoms with van der Waals surface area (Å²) >= 11 is 1.66. The molecule has 0 atom stereocenters. The predicted molar refractivity (Wildman–Crippen MR) is 124 cm³/mol. The number of allylic oxidation sites excluding steroid dienone is 1. The average Bonchev–Trinajstić information content (AvgIpc) is 3.11. The highest BCUT2D eigenvalue weighted by Gasteiger charge is 2.21. The molecule has 0 spiro atoms. The second-order valence-corrected chi connectivity index (χ2v) is 8.82. The third-order valence-electron chi connectivity index (χ3n) is 4.16. The number of carbonyl (C=O) groups is 1. The van der Waals surface area contributed by atoms with Crippen molar-refractivity contribution in [1.29, 1.82) is 0 Å². The maximum atomic E-state index is 12.1. The number of hydrogen-bond acceptors (Lipinski definition) is 5. The van der Waals surface area contributed by atoms with E-state index in [1.165, 1.54) is 15.2 Å². The van der Waals surface area contributed by atoms with Gasteiger partial charge in [0.15, 0.2) is 0 Å². The van der Waals surface area contributed by atoms with Crippen molar-refractivity contribution in [2.75, 3.05) is 11.9 Å². The molecule has 0 bridgehead atoms. The molecule has 0 unspecified atom stereocenters. The SMILES string of the molecule is CCc1ccc2nc(/C=C/C#Cc3ccc(N(C)C(=O)OC(C)(C)C)nc3)sc2c1. The van der Waals surface area contributed by atoms with Crippen molar-refractivity contribution in [3.8, 4) is 11.8 Å². The number of pyridine rings is 1. The molecule has 0 saturated carbocycles. The van der Waals surface area contributed by atoms with Gasteiger partial charge in [0.05, 0.1) is 10.2 Å². The Morgan fingerprint density at radius 1 is 1.27 bits per heavy atom. The highest BCUT2D eigenvalue weighted by atomic mass is 32.1. The number of amides is 1. The Morgan fingerprint density at radius 2 is 2.07 bits per heavy atom. The molecular weight excluding hydrogens is 394 g/mol. The molecule has 0 fully saturated rings. The van der Waals surface area contributed by atoms with Gasteiger partial charge in [-0.05, 0) is 69.2 Å². The second kappa shape index (κ2) is 9.10. The molecule has 0 saturated heterocycles. The Kier molecular flexibility index (Phi) is 6.53. The zero-order valence-corrected chi connectivity index (χ0v) is 18.7. The van der Waals surface area contributed by atoms with Gasteiger partial charge in [0.1, 0.15) is 16.4 Å². The molecule has 1 amide bonds. The molecule has 30 heavy (non-hydrogen) atoms. The first-order valence-electron chi connectivity index (χ1n) is 9.75. The molecule has 3 aromatic rings. The van der Waals surface area contributed by atoms with Gasteiger partial charge in [0, 0.05) is 18.8 Å². The van der Waals surface area contributed by atoms with E-state index in [1.54, 1.807) is 36.7 Å². The van der Waals surface area contributed by atoms with Gasteiger partial charge in [-0.15, -0.1) is 11.3 Å². The van der Waals surface area contributed by atoms with Crippen LogP contribution in [-0.4, -0.2) is 28.7 Å². The monoisotopic (exact) mass is 419 g/mol. The lowest BCUT2D eigenvalue weighted by Gasteiger charge is -2.24. The first-order valence-corrected chi connectivity index (χ1v) is 10.6. The van der Waals surface area contributed by atoms with Crippen molar-refractivity contribution >= 4 is 39.5 Å². The zero-order chi connectivity index (χ0) is 21.7. The molecule has 0 aliphatic carbocycles. The summed E-state index contributed by atoms with van der Waals surface area (Å²) in [6.07, 6.45) is 5.92. The van der Waals surface area contributed by atoms with Gasteiger partial charge in [-0.1, -0.05) is 24.8 Å². The third kappa shape index (κ3) is 5.68. The lowest BCUT2D eigenvalue weighted by Crippen LogP contribution is -2.34. The number of aromatic nitrogens is 2. The average molecular weight is 420 g/mol. The number of nitrogens with zero attached hydrogens (tertiary/aromatic N) is 3. The van der Waals surface area contributed by atoms with Gasteiger partial charge in [0.2, 0.25) is 0 Å². The zero-order valence-electron chi connectivity index (χ0n) is 17.9. The molecule has 3 rings (SSSR count). The van der Waals surface area contributed by atoms with Crippen molar-refractivity contribution in [2.24, 2.45) is 0 Å². The van der Waals surface area contributed by atoms with Crippen LogP contribution in [0.15, 0.2) is 42.6 Å². The summed E-state index contributed by atoms with van der Waals surface area (Å²) in [5.41, 5.74) is 2.54. The first kappa shape index (κ1) is 21.5. The lowest BCUT2D eigenvalue weighted by molar-refractivity contribution is 0.0588. The van der Waals surface area contributed by atoms with E-state index in [-0.39, 0.29) is 0 Å². The highest BCUT2D eigenvalue weighted by molar-refractivity contribution is 7.19. The number of thiazole rings is 1. The number of rotatable bonds is 3. The Hall–Kier alpha value is -3.17. The second-order valence-electron chi connectivity index (χ2n) is 7.75. The molecule has 5 nitrogen and oxygen atoms in total. The van der Waals surface area contributed by atoms with Crippen LogP contribution in [0, 0.1) is 11.8 Å². The van der Waals surface area contributed by atoms with Gasteiger partial charge in [-0.3, -0.25) is 4.90 Å². The number of fused-ring (bicyclic) bond motifs is 1. The van der Waals surface area contributed by atoms with E-state index in [0.29, 0.717) is 5.82 Å². The molecule has 1 aromatic carbocycles. The molecule has 2 aromatic heterocycles. The highest BCUT2D eigenvalue weighted by Crippen LogP contribution is 2.24. The van der Waals surface area contributed by atoms with Crippen molar-refractivity contribution < 1.29 is 9.53 Å². The minimum Gasteiger partial charge on any atom is -0.443 e. The van der Waals surface area contributed by atoms with Crippen LogP contribution in [0.2, 0.25) is 0 Å². The topological polar surface area (TPSA) is 55.3 Å². The number of ether oxygens (including phenoxy) is 1. The summed E-state index contributed by atoms with van der Waals surface area (Å²) < 4.78 is 6.54. The summed E-state index contributed by atoms with van der Waals surface area (Å²) in [6, 6.07) is 9.95. The molecule has 6 heteroatoms. The van der Waals surface area contributed by atoms with Gasteiger partial charge >= 0.3 is 6.09 Å². The van der Waals surface area contributed by atoms with Crippen LogP contribution in [0.4, 0.5) is 10.6 Å². The Labute approximate surface area is 181 Å². The van der Waals surface area contributed by atoms with Gasteiger partial charge in [0.25, 0.3) is 0 Å². The number of hydrogen-bond donors (Lipinski definition) is 0. The lowest BCUT2D eigenvalue weighted by atomic mass is 10.2. The molecular formula is C24H25N3O2S. The minimum absolute atomic E-state index is 0.446. The van der Waals surface area contributed by atoms with E-state index >= 15 is 0 Å². The molecule has 0 radical (unpaired) electrons. The standard InChI is InChI=1S/C24H25N3O2S/c1-6-17-11-13-19-20(15-17)30-22(26-19)10-8-7-9-18-12-14-21(25-16-18)27(5)23(28)29-24(2,3)4/h8,10-16H,6H2,1-5H3/b10-8+. The molecule has 2 heterocycles. The van der Waals surface area contributed by atoms with E-state index in [2.05, 4.69) is 46.9 Å². The quantitative estimate of drug-likeness (QED) is 0.512. The van der Waals surface area contributed by atoms with Crippen molar-refractivity contribution in [2.45, 2.75) is 39.7 Å². The Bertz CT molecular complexity index is 1130. The van der Waals surface area contributed by atoms with Crippen LogP contribution >= 0.6 is 11.3 Å². The maximum absolute atomic E-state index is 12.1. The molecule has 0 aliphatic rings. The van der Waals surface area contributed by atoms with E-state index in [4.69, 9.17) is 4.74 Å². The first-order chi connectivity index (χ1) is 14.2. The normalized spacial score (nSPS) is 11.4. The van der Waals surface area contributed by atoms with Crippen molar-refractivity contribution in [3.63, 3.8) is 0 Å². The molecule has 0 aliphatic heterocycles. The van der Waals surface area contributed by atoms with Gasteiger partial charge in [-0.2, -0.15) is 0 Å². The number of carbonyl (C=O) groups excluding carboxylic acids is 1. The summed E-state index contributed by atoms with van der Waals surface area (Å²) in [5.74, 6) is 6.56. The van der Waals surface area contributed by atoms with Crippen LogP contribution in [0.1, 0.15) is 43.8 Å². The van der Waals surface area contributed by atoms with Crippen molar-refractivity contribution in [3.05, 3.63) is 58.7 Å². The summed E-state index contributed by atoms with van der Waals surface area (Å²) in [4.78, 5) is 22.4. The summed E-state index contributed by atoms with van der Waals surface area (Å²) in [5, 5.41) is 0.931. The van der Waals surface area contributed by atoms with E-state index in [1.807, 2.05) is 32.9 Å². The van der Waals surface area contributed by atoms with Crippen molar-refractivity contribution in [1.82, 2.24) is 9.97 Å².